The highest BCUT2D eigenvalue weighted by Gasteiger charge is 2.80. The van der Waals surface area contributed by atoms with Crippen LogP contribution >= 0.6 is 0 Å². The molecule has 0 aromatic heterocycles. The highest BCUT2D eigenvalue weighted by Crippen LogP contribution is 2.87. The molecule has 0 aromatic rings. The van der Waals surface area contributed by atoms with Crippen molar-refractivity contribution >= 4 is 0 Å². The Morgan fingerprint density at radius 3 is 2.83 bits per heavy atom. The van der Waals surface area contributed by atoms with Gasteiger partial charge in [-0.1, -0.05) is 13.8 Å². The third-order valence-corrected chi connectivity index (χ3v) is 6.18. The van der Waals surface area contributed by atoms with Crippen molar-refractivity contribution in [1.29, 1.82) is 0 Å². The molecule has 0 aliphatic heterocycles. The van der Waals surface area contributed by atoms with Crippen LogP contribution in [0.5, 0.6) is 0 Å². The predicted octanol–water partition coefficient (Wildman–Crippen LogP) is 3.08. The van der Waals surface area contributed by atoms with E-state index in [4.69, 9.17) is 0 Å². The predicted molar refractivity (Wildman–Crippen MR) is 48.6 cm³/mol. The number of fused-ring (bicyclic) bond motifs is 2. The smallest absolute Gasteiger partial charge is 0.0207 e. The SMILES string of the molecule is CC1C2C[C@]3(C)C[C@@]34CCC4C12. The molecular weight excluding hydrogens is 144 g/mol. The maximum Gasteiger partial charge on any atom is -0.0207 e. The minimum atomic E-state index is 0.835. The molecule has 0 bridgehead atoms. The summed E-state index contributed by atoms with van der Waals surface area (Å²) < 4.78 is 0. The maximum atomic E-state index is 2.57. The van der Waals surface area contributed by atoms with Crippen LogP contribution in [-0.4, -0.2) is 0 Å². The molecule has 0 radical (unpaired) electrons. The quantitative estimate of drug-likeness (QED) is 0.513. The van der Waals surface area contributed by atoms with Gasteiger partial charge in [-0.25, -0.2) is 0 Å². The van der Waals surface area contributed by atoms with Crippen LogP contribution < -0.4 is 0 Å². The van der Waals surface area contributed by atoms with E-state index in [9.17, 15) is 0 Å². The van der Waals surface area contributed by atoms with E-state index >= 15 is 0 Å². The standard InChI is InChI=1S/C12H18/c1-7-8-5-11(2)6-12(11)4-3-9(12)10(7)8/h7-10H,3-6H2,1-2H3/t7?,8?,9?,10?,11-,12-/m1/s1. The summed E-state index contributed by atoms with van der Waals surface area (Å²) in [6, 6.07) is 0. The van der Waals surface area contributed by atoms with E-state index in [1.807, 2.05) is 0 Å². The van der Waals surface area contributed by atoms with E-state index in [0.29, 0.717) is 0 Å². The van der Waals surface area contributed by atoms with Gasteiger partial charge in [0, 0.05) is 0 Å². The molecule has 0 heterocycles. The lowest BCUT2D eigenvalue weighted by Gasteiger charge is -2.45. The Labute approximate surface area is 74.7 Å². The first-order valence-corrected chi connectivity index (χ1v) is 5.68. The Morgan fingerprint density at radius 1 is 1.33 bits per heavy atom. The zero-order valence-corrected chi connectivity index (χ0v) is 8.14. The Morgan fingerprint density at radius 2 is 2.17 bits per heavy atom. The van der Waals surface area contributed by atoms with Crippen molar-refractivity contribution in [2.45, 2.75) is 39.5 Å². The number of rotatable bonds is 0. The monoisotopic (exact) mass is 162 g/mol. The van der Waals surface area contributed by atoms with Crippen LogP contribution in [0.2, 0.25) is 0 Å². The van der Waals surface area contributed by atoms with E-state index in [-0.39, 0.29) is 0 Å². The highest BCUT2D eigenvalue weighted by molar-refractivity contribution is 5.28. The molecular formula is C12H18. The Hall–Kier alpha value is 0. The summed E-state index contributed by atoms with van der Waals surface area (Å²) in [6.45, 7) is 5.07. The Balaban J connectivity index is 1.77. The van der Waals surface area contributed by atoms with Crippen LogP contribution in [0.3, 0.4) is 0 Å². The molecule has 0 heteroatoms. The lowest BCUT2D eigenvalue weighted by Crippen LogP contribution is -2.37. The lowest BCUT2D eigenvalue weighted by atomic mass is 9.60. The van der Waals surface area contributed by atoms with Gasteiger partial charge < -0.3 is 0 Å². The van der Waals surface area contributed by atoms with Crippen molar-refractivity contribution < 1.29 is 0 Å². The van der Waals surface area contributed by atoms with Crippen molar-refractivity contribution in [2.24, 2.45) is 34.5 Å². The number of hydrogen-bond donors (Lipinski definition) is 0. The molecule has 1 spiro atoms. The molecule has 0 amide bonds. The van der Waals surface area contributed by atoms with Gasteiger partial charge in [0.15, 0.2) is 0 Å². The highest BCUT2D eigenvalue weighted by atomic mass is 14.8. The number of hydrogen-bond acceptors (Lipinski definition) is 0. The van der Waals surface area contributed by atoms with Crippen LogP contribution in [-0.2, 0) is 0 Å². The van der Waals surface area contributed by atoms with Crippen LogP contribution in [0.15, 0.2) is 0 Å². The van der Waals surface area contributed by atoms with E-state index in [0.717, 1.165) is 22.7 Å². The van der Waals surface area contributed by atoms with E-state index < -0.39 is 0 Å². The first kappa shape index (κ1) is 6.45. The third kappa shape index (κ3) is 0.418. The maximum absolute atomic E-state index is 2.57. The average Bonchev–Trinajstić information content (AvgIpc) is 2.78. The minimum absolute atomic E-state index is 0.835. The second-order valence-corrected chi connectivity index (χ2v) is 6.34. The minimum Gasteiger partial charge on any atom is -0.0619 e. The van der Waals surface area contributed by atoms with E-state index in [1.165, 1.54) is 11.8 Å². The molecule has 0 nitrogen and oxygen atoms in total. The van der Waals surface area contributed by atoms with Gasteiger partial charge in [-0.05, 0) is 60.2 Å². The molecule has 4 aliphatic carbocycles. The van der Waals surface area contributed by atoms with Crippen LogP contribution in [0.25, 0.3) is 0 Å². The molecule has 6 atom stereocenters. The van der Waals surface area contributed by atoms with E-state index in [2.05, 4.69) is 13.8 Å². The Bertz CT molecular complexity index is 269. The average molecular weight is 162 g/mol. The molecule has 4 fully saturated rings. The van der Waals surface area contributed by atoms with Crippen molar-refractivity contribution in [3.05, 3.63) is 0 Å². The van der Waals surface area contributed by atoms with E-state index in [1.54, 1.807) is 25.7 Å². The first-order valence-electron chi connectivity index (χ1n) is 5.68. The topological polar surface area (TPSA) is 0 Å². The fourth-order valence-electron chi connectivity index (χ4n) is 5.20. The molecule has 4 aliphatic rings. The van der Waals surface area contributed by atoms with Gasteiger partial charge in [0.25, 0.3) is 0 Å². The zero-order chi connectivity index (χ0) is 8.14. The van der Waals surface area contributed by atoms with Gasteiger partial charge in [-0.15, -0.1) is 0 Å². The lowest BCUT2D eigenvalue weighted by molar-refractivity contribution is 0.0409. The van der Waals surface area contributed by atoms with Gasteiger partial charge in [-0.2, -0.15) is 0 Å². The second kappa shape index (κ2) is 1.40. The van der Waals surface area contributed by atoms with Crippen LogP contribution in [0.4, 0.5) is 0 Å². The Kier molecular flexibility index (Phi) is 0.755. The zero-order valence-electron chi connectivity index (χ0n) is 8.14. The van der Waals surface area contributed by atoms with Crippen molar-refractivity contribution in [3.63, 3.8) is 0 Å². The van der Waals surface area contributed by atoms with Crippen molar-refractivity contribution in [3.8, 4) is 0 Å². The molecule has 66 valence electrons. The van der Waals surface area contributed by atoms with Gasteiger partial charge in [0.2, 0.25) is 0 Å². The summed E-state index contributed by atoms with van der Waals surface area (Å²) in [6.07, 6.45) is 6.37. The summed E-state index contributed by atoms with van der Waals surface area (Å²) in [5.74, 6) is 4.65. The van der Waals surface area contributed by atoms with Gasteiger partial charge >= 0.3 is 0 Å². The van der Waals surface area contributed by atoms with Gasteiger partial charge in [0.05, 0.1) is 0 Å². The molecule has 12 heavy (non-hydrogen) atoms. The molecule has 0 N–H and O–H groups in total. The molecule has 4 saturated carbocycles. The summed E-state index contributed by atoms with van der Waals surface area (Å²) in [5, 5.41) is 0. The van der Waals surface area contributed by atoms with Crippen LogP contribution in [0.1, 0.15) is 39.5 Å². The second-order valence-electron chi connectivity index (χ2n) is 6.34. The molecule has 0 aromatic carbocycles. The fourth-order valence-corrected chi connectivity index (χ4v) is 5.20. The molecule has 4 rings (SSSR count). The van der Waals surface area contributed by atoms with Crippen LogP contribution in [0, 0.1) is 34.5 Å². The summed E-state index contributed by atoms with van der Waals surface area (Å²) in [4.78, 5) is 0. The third-order valence-electron chi connectivity index (χ3n) is 6.18. The summed E-state index contributed by atoms with van der Waals surface area (Å²) in [7, 11) is 0. The van der Waals surface area contributed by atoms with Gasteiger partial charge in [-0.3, -0.25) is 0 Å². The van der Waals surface area contributed by atoms with Crippen molar-refractivity contribution in [2.75, 3.05) is 0 Å². The fraction of sp³-hybridized carbons (Fsp3) is 1.00. The summed E-state index contributed by atoms with van der Waals surface area (Å²) in [5.41, 5.74) is 1.75. The molecule has 0 saturated heterocycles. The molecule has 4 unspecified atom stereocenters. The first-order chi connectivity index (χ1) is 5.68. The van der Waals surface area contributed by atoms with Crippen molar-refractivity contribution in [1.82, 2.24) is 0 Å². The van der Waals surface area contributed by atoms with Gasteiger partial charge in [0.1, 0.15) is 0 Å². The summed E-state index contributed by atoms with van der Waals surface area (Å²) >= 11 is 0. The largest absolute Gasteiger partial charge is 0.0619 e. The normalized spacial score (nSPS) is 76.5.